The predicted molar refractivity (Wildman–Crippen MR) is 41.1 cm³/mol. The van der Waals surface area contributed by atoms with Crippen molar-refractivity contribution < 1.29 is 4.42 Å². The van der Waals surface area contributed by atoms with E-state index in [2.05, 4.69) is 6.08 Å². The van der Waals surface area contributed by atoms with E-state index < -0.39 is 0 Å². The Morgan fingerprint density at radius 1 is 1.50 bits per heavy atom. The summed E-state index contributed by atoms with van der Waals surface area (Å²) in [6, 6.07) is 1.89. The summed E-state index contributed by atoms with van der Waals surface area (Å²) in [5.74, 6) is 0.927. The topological polar surface area (TPSA) is 13.1 Å². The van der Waals surface area contributed by atoms with Crippen LogP contribution in [0.4, 0.5) is 0 Å². The zero-order chi connectivity index (χ0) is 6.97. The van der Waals surface area contributed by atoms with Crippen molar-refractivity contribution in [2.45, 2.75) is 12.8 Å². The van der Waals surface area contributed by atoms with Crippen LogP contribution in [0.1, 0.15) is 17.7 Å². The van der Waals surface area contributed by atoms with Crippen LogP contribution in [0.3, 0.4) is 0 Å². The summed E-state index contributed by atoms with van der Waals surface area (Å²) in [6.45, 7) is 0. The fraction of sp³-hybridized carbons (Fsp3) is 0.250. The van der Waals surface area contributed by atoms with Crippen LogP contribution < -0.4 is 0 Å². The van der Waals surface area contributed by atoms with Gasteiger partial charge in [-0.2, -0.15) is 0 Å². The highest BCUT2D eigenvalue weighted by molar-refractivity contribution is 6.29. The summed E-state index contributed by atoms with van der Waals surface area (Å²) in [4.78, 5) is 0. The largest absolute Gasteiger partial charge is 0.445 e. The SMILES string of the molecule is Clc1cc2c(o1)C=CCC2. The highest BCUT2D eigenvalue weighted by Crippen LogP contribution is 2.25. The number of hydrogen-bond donors (Lipinski definition) is 0. The lowest BCUT2D eigenvalue weighted by atomic mass is 10.1. The molecule has 0 spiro atoms. The first kappa shape index (κ1) is 6.05. The third kappa shape index (κ3) is 0.868. The normalized spacial score (nSPS) is 15.3. The summed E-state index contributed by atoms with van der Waals surface area (Å²) in [5, 5.41) is 0.497. The van der Waals surface area contributed by atoms with Crippen LogP contribution in [0.25, 0.3) is 6.08 Å². The van der Waals surface area contributed by atoms with E-state index in [9.17, 15) is 0 Å². The van der Waals surface area contributed by atoms with E-state index in [4.69, 9.17) is 16.0 Å². The second-order valence-corrected chi connectivity index (χ2v) is 2.75. The van der Waals surface area contributed by atoms with Gasteiger partial charge in [0.25, 0.3) is 0 Å². The zero-order valence-electron chi connectivity index (χ0n) is 5.43. The van der Waals surface area contributed by atoms with Crippen molar-refractivity contribution in [2.75, 3.05) is 0 Å². The van der Waals surface area contributed by atoms with Gasteiger partial charge >= 0.3 is 0 Å². The monoisotopic (exact) mass is 154 g/mol. The van der Waals surface area contributed by atoms with Crippen molar-refractivity contribution in [1.29, 1.82) is 0 Å². The Hall–Kier alpha value is -0.690. The van der Waals surface area contributed by atoms with E-state index in [1.54, 1.807) is 0 Å². The summed E-state index contributed by atoms with van der Waals surface area (Å²) in [7, 11) is 0. The summed E-state index contributed by atoms with van der Waals surface area (Å²) < 4.78 is 5.18. The van der Waals surface area contributed by atoms with E-state index >= 15 is 0 Å². The average Bonchev–Trinajstić information content (AvgIpc) is 2.27. The van der Waals surface area contributed by atoms with E-state index in [-0.39, 0.29) is 0 Å². The molecule has 2 rings (SSSR count). The fourth-order valence-corrected chi connectivity index (χ4v) is 1.39. The molecule has 1 aromatic heterocycles. The van der Waals surface area contributed by atoms with Crippen LogP contribution in [0, 0.1) is 0 Å². The molecule has 0 amide bonds. The molecule has 10 heavy (non-hydrogen) atoms. The second kappa shape index (κ2) is 2.17. The molecule has 0 radical (unpaired) electrons. The van der Waals surface area contributed by atoms with Gasteiger partial charge < -0.3 is 4.42 Å². The van der Waals surface area contributed by atoms with Crippen LogP contribution in [-0.4, -0.2) is 0 Å². The first-order valence-corrected chi connectivity index (χ1v) is 3.69. The lowest BCUT2D eigenvalue weighted by molar-refractivity contribution is 0.553. The van der Waals surface area contributed by atoms with Gasteiger partial charge in [0, 0.05) is 0 Å². The first-order chi connectivity index (χ1) is 4.86. The summed E-state index contributed by atoms with van der Waals surface area (Å²) in [5.41, 5.74) is 1.23. The molecule has 1 aromatic rings. The highest BCUT2D eigenvalue weighted by atomic mass is 35.5. The summed E-state index contributed by atoms with van der Waals surface area (Å²) in [6.07, 6.45) is 6.23. The molecule has 2 heteroatoms. The molecule has 0 aliphatic heterocycles. The molecule has 0 saturated carbocycles. The van der Waals surface area contributed by atoms with Crippen molar-refractivity contribution in [2.24, 2.45) is 0 Å². The Kier molecular flexibility index (Phi) is 1.31. The van der Waals surface area contributed by atoms with Crippen LogP contribution in [0.15, 0.2) is 16.6 Å². The third-order valence-electron chi connectivity index (χ3n) is 1.66. The molecule has 1 nitrogen and oxygen atoms in total. The van der Waals surface area contributed by atoms with Gasteiger partial charge in [0.05, 0.1) is 0 Å². The molecule has 0 N–H and O–H groups in total. The molecule has 1 aliphatic carbocycles. The van der Waals surface area contributed by atoms with Crippen molar-refractivity contribution in [3.8, 4) is 0 Å². The van der Waals surface area contributed by atoms with Crippen LogP contribution in [0.2, 0.25) is 5.22 Å². The Labute approximate surface area is 64.3 Å². The van der Waals surface area contributed by atoms with Crippen molar-refractivity contribution >= 4 is 17.7 Å². The lowest BCUT2D eigenvalue weighted by Gasteiger charge is -1.99. The van der Waals surface area contributed by atoms with Gasteiger partial charge in [0.2, 0.25) is 0 Å². The first-order valence-electron chi connectivity index (χ1n) is 3.31. The van der Waals surface area contributed by atoms with E-state index in [0.717, 1.165) is 18.6 Å². The molecule has 0 fully saturated rings. The maximum Gasteiger partial charge on any atom is 0.194 e. The van der Waals surface area contributed by atoms with Crippen molar-refractivity contribution in [3.63, 3.8) is 0 Å². The smallest absolute Gasteiger partial charge is 0.194 e. The number of furan rings is 1. The van der Waals surface area contributed by atoms with E-state index in [0.29, 0.717) is 5.22 Å². The van der Waals surface area contributed by atoms with Gasteiger partial charge in [-0.1, -0.05) is 6.08 Å². The van der Waals surface area contributed by atoms with Gasteiger partial charge in [-0.25, -0.2) is 0 Å². The fourth-order valence-electron chi connectivity index (χ4n) is 1.17. The van der Waals surface area contributed by atoms with Crippen LogP contribution in [0.5, 0.6) is 0 Å². The standard InChI is InChI=1S/C8H7ClO/c9-8-5-6-3-1-2-4-7(6)10-8/h2,4-5H,1,3H2. The number of hydrogen-bond acceptors (Lipinski definition) is 1. The third-order valence-corrected chi connectivity index (χ3v) is 1.85. The minimum atomic E-state index is 0.497. The number of fused-ring (bicyclic) bond motifs is 1. The van der Waals surface area contributed by atoms with Gasteiger partial charge in [0.15, 0.2) is 5.22 Å². The Bertz CT molecular complexity index is 273. The lowest BCUT2D eigenvalue weighted by Crippen LogP contribution is -1.87. The van der Waals surface area contributed by atoms with Crippen molar-refractivity contribution in [3.05, 3.63) is 28.7 Å². The Morgan fingerprint density at radius 3 is 3.20 bits per heavy atom. The maximum atomic E-state index is 5.65. The Balaban J connectivity index is 2.53. The molecular formula is C8H7ClO. The molecule has 0 unspecified atom stereocenters. The average molecular weight is 155 g/mol. The van der Waals surface area contributed by atoms with Gasteiger partial charge in [0.1, 0.15) is 5.76 Å². The quantitative estimate of drug-likeness (QED) is 0.560. The number of halogens is 1. The molecule has 1 heterocycles. The van der Waals surface area contributed by atoms with Gasteiger partial charge in [-0.3, -0.25) is 0 Å². The Morgan fingerprint density at radius 2 is 2.40 bits per heavy atom. The highest BCUT2D eigenvalue weighted by Gasteiger charge is 2.08. The van der Waals surface area contributed by atoms with E-state index in [1.165, 1.54) is 5.56 Å². The number of rotatable bonds is 0. The second-order valence-electron chi connectivity index (χ2n) is 2.38. The van der Waals surface area contributed by atoms with E-state index in [1.807, 2.05) is 12.1 Å². The minimum Gasteiger partial charge on any atom is -0.445 e. The van der Waals surface area contributed by atoms with Gasteiger partial charge in [-0.05, 0) is 42.1 Å². The maximum absolute atomic E-state index is 5.65. The van der Waals surface area contributed by atoms with Crippen molar-refractivity contribution in [1.82, 2.24) is 0 Å². The molecule has 0 saturated heterocycles. The minimum absolute atomic E-state index is 0.497. The molecule has 0 atom stereocenters. The number of allylic oxidation sites excluding steroid dienone is 1. The molecule has 1 aliphatic rings. The van der Waals surface area contributed by atoms with Gasteiger partial charge in [-0.15, -0.1) is 0 Å². The molecule has 0 aromatic carbocycles. The zero-order valence-corrected chi connectivity index (χ0v) is 6.19. The predicted octanol–water partition coefficient (Wildman–Crippen LogP) is 2.89. The number of aryl methyl sites for hydroxylation is 1. The van der Waals surface area contributed by atoms with Crippen LogP contribution >= 0.6 is 11.6 Å². The molecular weight excluding hydrogens is 148 g/mol. The van der Waals surface area contributed by atoms with Crippen LogP contribution in [-0.2, 0) is 6.42 Å². The molecule has 52 valence electrons. The summed E-state index contributed by atoms with van der Waals surface area (Å²) >= 11 is 5.65. The molecule has 0 bridgehead atoms.